The van der Waals surface area contributed by atoms with Crippen LogP contribution in [0.3, 0.4) is 0 Å². The number of hydrogen-bond donors (Lipinski definition) is 1. The van der Waals surface area contributed by atoms with Crippen LogP contribution in [0.1, 0.15) is 31.4 Å². The lowest BCUT2D eigenvalue weighted by molar-refractivity contribution is 0.227. The highest BCUT2D eigenvalue weighted by atomic mass is 16.5. The fourth-order valence-corrected chi connectivity index (χ4v) is 1.86. The fraction of sp³-hybridized carbons (Fsp3) is 0.600. The monoisotopic (exact) mass is 235 g/mol. The van der Waals surface area contributed by atoms with Crippen molar-refractivity contribution in [3.8, 4) is 5.75 Å². The van der Waals surface area contributed by atoms with Crippen molar-refractivity contribution in [3.05, 3.63) is 29.3 Å². The highest BCUT2D eigenvalue weighted by Gasteiger charge is 2.14. The molecule has 2 unspecified atom stereocenters. The maximum Gasteiger partial charge on any atom is 0.122 e. The molecule has 1 N–H and O–H groups in total. The lowest BCUT2D eigenvalue weighted by Gasteiger charge is -2.23. The summed E-state index contributed by atoms with van der Waals surface area (Å²) in [5, 5.41) is 3.33. The molecule has 0 aliphatic rings. The summed E-state index contributed by atoms with van der Waals surface area (Å²) >= 11 is 0. The first-order chi connectivity index (χ1) is 8.08. The summed E-state index contributed by atoms with van der Waals surface area (Å²) in [7, 11) is 2.00. The van der Waals surface area contributed by atoms with E-state index in [-0.39, 0.29) is 0 Å². The van der Waals surface area contributed by atoms with Crippen molar-refractivity contribution >= 4 is 0 Å². The molecule has 0 saturated carbocycles. The first kappa shape index (κ1) is 14.0. The number of rotatable bonds is 6. The molecule has 1 aromatic carbocycles. The second-order valence-corrected chi connectivity index (χ2v) is 4.86. The highest BCUT2D eigenvalue weighted by molar-refractivity contribution is 5.35. The molecule has 2 atom stereocenters. The van der Waals surface area contributed by atoms with Gasteiger partial charge in [0.2, 0.25) is 0 Å². The van der Waals surface area contributed by atoms with E-state index in [1.54, 1.807) is 0 Å². The van der Waals surface area contributed by atoms with E-state index < -0.39 is 0 Å². The summed E-state index contributed by atoms with van der Waals surface area (Å²) < 4.78 is 5.93. The summed E-state index contributed by atoms with van der Waals surface area (Å²) in [4.78, 5) is 0. The topological polar surface area (TPSA) is 21.3 Å². The third kappa shape index (κ3) is 4.04. The van der Waals surface area contributed by atoms with Gasteiger partial charge in [-0.25, -0.2) is 0 Å². The molecule has 0 aromatic heterocycles. The maximum absolute atomic E-state index is 5.93. The Morgan fingerprint density at radius 3 is 2.59 bits per heavy atom. The van der Waals surface area contributed by atoms with Crippen LogP contribution in [-0.4, -0.2) is 19.7 Å². The molecule has 0 aliphatic heterocycles. The van der Waals surface area contributed by atoms with E-state index in [0.29, 0.717) is 12.0 Å². The van der Waals surface area contributed by atoms with Crippen molar-refractivity contribution in [1.29, 1.82) is 0 Å². The van der Waals surface area contributed by atoms with Crippen LogP contribution in [-0.2, 0) is 0 Å². The molecule has 17 heavy (non-hydrogen) atoms. The van der Waals surface area contributed by atoms with Gasteiger partial charge < -0.3 is 10.1 Å². The van der Waals surface area contributed by atoms with Crippen molar-refractivity contribution in [2.45, 2.75) is 40.2 Å². The van der Waals surface area contributed by atoms with E-state index in [1.165, 1.54) is 17.5 Å². The number of ether oxygens (including phenoxy) is 1. The van der Waals surface area contributed by atoms with E-state index in [0.717, 1.165) is 12.4 Å². The van der Waals surface area contributed by atoms with Crippen LogP contribution in [0.4, 0.5) is 0 Å². The zero-order chi connectivity index (χ0) is 12.8. The first-order valence-corrected chi connectivity index (χ1v) is 6.45. The molecule has 0 spiro atoms. The van der Waals surface area contributed by atoms with E-state index in [4.69, 9.17) is 4.74 Å². The summed E-state index contributed by atoms with van der Waals surface area (Å²) in [5.41, 5.74) is 2.45. The number of nitrogens with one attached hydrogen (secondary N) is 1. The van der Waals surface area contributed by atoms with Gasteiger partial charge in [0, 0.05) is 6.04 Å². The predicted octanol–water partition coefficient (Wildman–Crippen LogP) is 3.32. The molecule has 0 radical (unpaired) electrons. The molecule has 96 valence electrons. The normalized spacial score (nSPS) is 14.4. The zero-order valence-electron chi connectivity index (χ0n) is 11.7. The van der Waals surface area contributed by atoms with Gasteiger partial charge in [0.1, 0.15) is 12.4 Å². The number of aryl methyl sites for hydroxylation is 2. The van der Waals surface area contributed by atoms with Crippen LogP contribution in [0.2, 0.25) is 0 Å². The van der Waals surface area contributed by atoms with Crippen molar-refractivity contribution in [3.63, 3.8) is 0 Å². The zero-order valence-corrected chi connectivity index (χ0v) is 11.7. The molecule has 1 rings (SSSR count). The van der Waals surface area contributed by atoms with Crippen LogP contribution in [0.5, 0.6) is 5.75 Å². The van der Waals surface area contributed by atoms with Gasteiger partial charge in [-0.15, -0.1) is 0 Å². The minimum absolute atomic E-state index is 0.417. The molecule has 0 amide bonds. The minimum atomic E-state index is 0.417. The van der Waals surface area contributed by atoms with Gasteiger partial charge in [-0.05, 0) is 44.0 Å². The molecular formula is C15H25NO. The van der Waals surface area contributed by atoms with Crippen LogP contribution < -0.4 is 10.1 Å². The minimum Gasteiger partial charge on any atom is -0.492 e. The Labute approximate surface area is 105 Å². The molecule has 0 fully saturated rings. The van der Waals surface area contributed by atoms with Crippen LogP contribution in [0, 0.1) is 19.8 Å². The first-order valence-electron chi connectivity index (χ1n) is 6.45. The standard InChI is InChI=1S/C15H25NO/c1-6-12(3)14(16-5)10-17-15-9-11(2)7-8-13(15)4/h7-9,12,14,16H,6,10H2,1-5H3. The van der Waals surface area contributed by atoms with Crippen molar-refractivity contribution in [1.82, 2.24) is 5.32 Å². The van der Waals surface area contributed by atoms with Gasteiger partial charge in [-0.1, -0.05) is 32.4 Å². The summed E-state index contributed by atoms with van der Waals surface area (Å²) in [5.74, 6) is 1.64. The van der Waals surface area contributed by atoms with Gasteiger partial charge in [0.05, 0.1) is 0 Å². The lowest BCUT2D eigenvalue weighted by atomic mass is 10.0. The van der Waals surface area contributed by atoms with Crippen LogP contribution in [0.25, 0.3) is 0 Å². The van der Waals surface area contributed by atoms with Crippen LogP contribution in [0.15, 0.2) is 18.2 Å². The second-order valence-electron chi connectivity index (χ2n) is 4.86. The number of likely N-dealkylation sites (N-methyl/N-ethyl adjacent to an activating group) is 1. The molecule has 2 nitrogen and oxygen atoms in total. The smallest absolute Gasteiger partial charge is 0.122 e. The molecule has 0 aliphatic carbocycles. The Kier molecular flexibility index (Phi) is 5.49. The largest absolute Gasteiger partial charge is 0.492 e. The second kappa shape index (κ2) is 6.65. The molecule has 0 saturated heterocycles. The summed E-state index contributed by atoms with van der Waals surface area (Å²) in [6.07, 6.45) is 1.17. The Bertz CT molecular complexity index is 349. The Hall–Kier alpha value is -1.02. The van der Waals surface area contributed by atoms with Crippen molar-refractivity contribution < 1.29 is 4.74 Å². The Balaban J connectivity index is 2.62. The van der Waals surface area contributed by atoms with E-state index in [1.807, 2.05) is 7.05 Å². The van der Waals surface area contributed by atoms with E-state index >= 15 is 0 Å². The molecule has 2 heteroatoms. The van der Waals surface area contributed by atoms with Gasteiger partial charge >= 0.3 is 0 Å². The summed E-state index contributed by atoms with van der Waals surface area (Å²) in [6.45, 7) is 9.39. The van der Waals surface area contributed by atoms with Gasteiger partial charge in [0.25, 0.3) is 0 Å². The maximum atomic E-state index is 5.93. The highest BCUT2D eigenvalue weighted by Crippen LogP contribution is 2.20. The molecular weight excluding hydrogens is 210 g/mol. The predicted molar refractivity (Wildman–Crippen MR) is 73.7 cm³/mol. The number of hydrogen-bond acceptors (Lipinski definition) is 2. The fourth-order valence-electron chi connectivity index (χ4n) is 1.86. The third-order valence-corrected chi connectivity index (χ3v) is 3.46. The summed E-state index contributed by atoms with van der Waals surface area (Å²) in [6, 6.07) is 6.76. The Morgan fingerprint density at radius 1 is 1.29 bits per heavy atom. The average molecular weight is 235 g/mol. The molecule has 0 heterocycles. The van der Waals surface area contributed by atoms with Crippen molar-refractivity contribution in [2.24, 2.45) is 5.92 Å². The Morgan fingerprint density at radius 2 is 2.00 bits per heavy atom. The molecule has 0 bridgehead atoms. The lowest BCUT2D eigenvalue weighted by Crippen LogP contribution is -2.37. The SMILES string of the molecule is CCC(C)C(COc1cc(C)ccc1C)NC. The van der Waals surface area contributed by atoms with E-state index in [2.05, 4.69) is 51.2 Å². The van der Waals surface area contributed by atoms with Gasteiger partial charge in [0.15, 0.2) is 0 Å². The quantitative estimate of drug-likeness (QED) is 0.816. The molecule has 1 aromatic rings. The number of benzene rings is 1. The van der Waals surface area contributed by atoms with E-state index in [9.17, 15) is 0 Å². The average Bonchev–Trinajstić information content (AvgIpc) is 2.33. The van der Waals surface area contributed by atoms with Gasteiger partial charge in [-0.3, -0.25) is 0 Å². The van der Waals surface area contributed by atoms with Crippen molar-refractivity contribution in [2.75, 3.05) is 13.7 Å². The third-order valence-electron chi connectivity index (χ3n) is 3.46. The van der Waals surface area contributed by atoms with Crippen LogP contribution >= 0.6 is 0 Å². The van der Waals surface area contributed by atoms with Gasteiger partial charge in [-0.2, -0.15) is 0 Å².